The molecule has 1 N–H and O–H groups in total. The molecule has 1 aromatic heterocycles. The molecule has 0 radical (unpaired) electrons. The molecule has 1 atom stereocenters. The van der Waals surface area contributed by atoms with E-state index in [-0.39, 0.29) is 5.91 Å². The summed E-state index contributed by atoms with van der Waals surface area (Å²) in [6.45, 7) is 5.34. The van der Waals surface area contributed by atoms with Crippen LogP contribution in [-0.2, 0) is 11.2 Å². The van der Waals surface area contributed by atoms with Crippen molar-refractivity contribution in [3.8, 4) is 0 Å². The fourth-order valence-electron chi connectivity index (χ4n) is 4.51. The van der Waals surface area contributed by atoms with E-state index in [2.05, 4.69) is 58.5 Å². The van der Waals surface area contributed by atoms with Crippen molar-refractivity contribution in [3.63, 3.8) is 0 Å². The van der Waals surface area contributed by atoms with Crippen LogP contribution in [0.2, 0.25) is 0 Å². The van der Waals surface area contributed by atoms with Crippen LogP contribution in [0.5, 0.6) is 0 Å². The molecule has 0 spiro atoms. The molecular weight excluding hydrogens is 360 g/mol. The molecule has 3 heterocycles. The summed E-state index contributed by atoms with van der Waals surface area (Å²) in [5.74, 6) is 0.250. The zero-order chi connectivity index (χ0) is 20.1. The van der Waals surface area contributed by atoms with Gasteiger partial charge in [0.1, 0.15) is 0 Å². The Morgan fingerprint density at radius 1 is 1.03 bits per heavy atom. The third kappa shape index (κ3) is 4.96. The van der Waals surface area contributed by atoms with Gasteiger partial charge in [-0.2, -0.15) is 0 Å². The lowest BCUT2D eigenvalue weighted by Gasteiger charge is -2.34. The number of amides is 1. The zero-order valence-corrected chi connectivity index (χ0v) is 17.4. The van der Waals surface area contributed by atoms with E-state index < -0.39 is 0 Å². The highest BCUT2D eigenvalue weighted by molar-refractivity contribution is 5.96. The van der Waals surface area contributed by atoms with Gasteiger partial charge in [0.15, 0.2) is 0 Å². The van der Waals surface area contributed by atoms with E-state index in [0.717, 1.165) is 44.6 Å². The van der Waals surface area contributed by atoms with Gasteiger partial charge in [-0.1, -0.05) is 6.07 Å². The maximum Gasteiger partial charge on any atom is 0.227 e. The molecular formula is C24H32N4O. The van der Waals surface area contributed by atoms with Gasteiger partial charge in [0.25, 0.3) is 0 Å². The molecule has 2 aliphatic heterocycles. The third-order valence-electron chi connectivity index (χ3n) is 6.24. The van der Waals surface area contributed by atoms with Crippen LogP contribution in [0.4, 0.5) is 11.4 Å². The van der Waals surface area contributed by atoms with Crippen molar-refractivity contribution in [3.05, 3.63) is 54.4 Å². The van der Waals surface area contributed by atoms with Gasteiger partial charge in [-0.15, -0.1) is 0 Å². The number of hydrogen-bond donors (Lipinski definition) is 1. The maximum atomic E-state index is 12.1. The van der Waals surface area contributed by atoms with Crippen molar-refractivity contribution in [2.24, 2.45) is 0 Å². The number of benzene rings is 1. The number of carbonyl (C=O) groups is 1. The molecule has 154 valence electrons. The smallest absolute Gasteiger partial charge is 0.227 e. The number of rotatable bonds is 7. The van der Waals surface area contributed by atoms with Crippen molar-refractivity contribution in [2.45, 2.75) is 57.5 Å². The van der Waals surface area contributed by atoms with Crippen molar-refractivity contribution < 1.29 is 4.79 Å². The molecule has 5 heteroatoms. The van der Waals surface area contributed by atoms with Crippen molar-refractivity contribution in [2.75, 3.05) is 29.4 Å². The Hall–Kier alpha value is -2.40. The first-order valence-corrected chi connectivity index (χ1v) is 11.0. The summed E-state index contributed by atoms with van der Waals surface area (Å²) in [4.78, 5) is 20.9. The molecule has 1 unspecified atom stereocenters. The molecule has 1 aromatic carbocycles. The van der Waals surface area contributed by atoms with Gasteiger partial charge in [-0.3, -0.25) is 9.78 Å². The third-order valence-corrected chi connectivity index (χ3v) is 6.24. The molecule has 29 heavy (non-hydrogen) atoms. The Labute approximate surface area is 174 Å². The predicted molar refractivity (Wildman–Crippen MR) is 118 cm³/mol. The standard InChI is InChI=1S/C24H32N4O/c1-19-7-12-24(29)28(19)23-10-8-22(9-11-23)27-17-13-21(14-18-27)26-16-4-6-20-5-2-3-15-25-20/h2-3,5,8-11,15,19,21,26H,4,6-7,12-14,16-18H2,1H3. The van der Waals surface area contributed by atoms with Crippen LogP contribution >= 0.6 is 0 Å². The quantitative estimate of drug-likeness (QED) is 0.729. The average Bonchev–Trinajstić information content (AvgIpc) is 3.11. The molecule has 0 aliphatic carbocycles. The molecule has 2 saturated heterocycles. The molecule has 4 rings (SSSR count). The predicted octanol–water partition coefficient (Wildman–Crippen LogP) is 3.79. The number of piperidine rings is 1. The van der Waals surface area contributed by atoms with E-state index in [1.54, 1.807) is 0 Å². The number of nitrogens with one attached hydrogen (secondary N) is 1. The number of carbonyl (C=O) groups excluding carboxylic acids is 1. The van der Waals surface area contributed by atoms with Crippen LogP contribution in [0.15, 0.2) is 48.7 Å². The maximum absolute atomic E-state index is 12.1. The second-order valence-corrected chi connectivity index (χ2v) is 8.31. The minimum absolute atomic E-state index is 0.250. The zero-order valence-electron chi connectivity index (χ0n) is 17.4. The minimum Gasteiger partial charge on any atom is -0.371 e. The van der Waals surface area contributed by atoms with Gasteiger partial charge >= 0.3 is 0 Å². The summed E-state index contributed by atoms with van der Waals surface area (Å²) in [5, 5.41) is 3.72. The van der Waals surface area contributed by atoms with E-state index in [1.165, 1.54) is 24.2 Å². The Bertz CT molecular complexity index is 784. The molecule has 2 fully saturated rings. The normalized spacial score (nSPS) is 20.4. The SMILES string of the molecule is CC1CCC(=O)N1c1ccc(N2CCC(NCCCc3ccccn3)CC2)cc1. The number of aromatic nitrogens is 1. The molecule has 0 bridgehead atoms. The molecule has 0 saturated carbocycles. The Morgan fingerprint density at radius 3 is 2.45 bits per heavy atom. The lowest BCUT2D eigenvalue weighted by molar-refractivity contribution is -0.117. The van der Waals surface area contributed by atoms with Crippen molar-refractivity contribution >= 4 is 17.3 Å². The van der Waals surface area contributed by atoms with Crippen LogP contribution < -0.4 is 15.1 Å². The fourth-order valence-corrected chi connectivity index (χ4v) is 4.51. The molecule has 1 amide bonds. The fraction of sp³-hybridized carbons (Fsp3) is 0.500. The van der Waals surface area contributed by atoms with Gasteiger partial charge in [0, 0.05) is 54.9 Å². The molecule has 2 aliphatic rings. The summed E-state index contributed by atoms with van der Waals surface area (Å²) in [6, 6.07) is 15.6. The highest BCUT2D eigenvalue weighted by atomic mass is 16.2. The second-order valence-electron chi connectivity index (χ2n) is 8.31. The minimum atomic E-state index is 0.250. The van der Waals surface area contributed by atoms with E-state index in [0.29, 0.717) is 18.5 Å². The lowest BCUT2D eigenvalue weighted by atomic mass is 10.0. The van der Waals surface area contributed by atoms with Gasteiger partial charge in [0.2, 0.25) is 5.91 Å². The topological polar surface area (TPSA) is 48.5 Å². The van der Waals surface area contributed by atoms with Crippen molar-refractivity contribution in [1.29, 1.82) is 0 Å². The van der Waals surface area contributed by atoms with Gasteiger partial charge in [-0.05, 0) is 82.0 Å². The van der Waals surface area contributed by atoms with Crippen molar-refractivity contribution in [1.82, 2.24) is 10.3 Å². The Morgan fingerprint density at radius 2 is 1.79 bits per heavy atom. The average molecular weight is 393 g/mol. The number of anilines is 2. The first kappa shape index (κ1) is 19.9. The first-order valence-electron chi connectivity index (χ1n) is 11.0. The van der Waals surface area contributed by atoms with E-state index >= 15 is 0 Å². The van der Waals surface area contributed by atoms with Crippen LogP contribution in [-0.4, -0.2) is 42.6 Å². The van der Waals surface area contributed by atoms with E-state index in [4.69, 9.17) is 0 Å². The van der Waals surface area contributed by atoms with Gasteiger partial charge in [0.05, 0.1) is 0 Å². The monoisotopic (exact) mass is 392 g/mol. The summed E-state index contributed by atoms with van der Waals surface area (Å²) in [6.07, 6.45) is 8.02. The highest BCUT2D eigenvalue weighted by Gasteiger charge is 2.28. The molecule has 2 aromatic rings. The Balaban J connectivity index is 1.21. The first-order chi connectivity index (χ1) is 14.2. The number of aryl methyl sites for hydroxylation is 1. The van der Waals surface area contributed by atoms with Crippen LogP contribution in [0, 0.1) is 0 Å². The summed E-state index contributed by atoms with van der Waals surface area (Å²) in [5.41, 5.74) is 3.48. The lowest BCUT2D eigenvalue weighted by Crippen LogP contribution is -2.42. The number of pyridine rings is 1. The highest BCUT2D eigenvalue weighted by Crippen LogP contribution is 2.29. The second kappa shape index (κ2) is 9.40. The Kier molecular flexibility index (Phi) is 6.45. The van der Waals surface area contributed by atoms with E-state index in [9.17, 15) is 4.79 Å². The van der Waals surface area contributed by atoms with Crippen LogP contribution in [0.25, 0.3) is 0 Å². The van der Waals surface area contributed by atoms with Gasteiger partial charge < -0.3 is 15.1 Å². The van der Waals surface area contributed by atoms with Gasteiger partial charge in [-0.25, -0.2) is 0 Å². The van der Waals surface area contributed by atoms with E-state index in [1.807, 2.05) is 17.2 Å². The number of nitrogens with zero attached hydrogens (tertiary/aromatic N) is 3. The van der Waals surface area contributed by atoms with Crippen LogP contribution in [0.3, 0.4) is 0 Å². The van der Waals surface area contributed by atoms with Crippen LogP contribution in [0.1, 0.15) is 44.7 Å². The summed E-state index contributed by atoms with van der Waals surface area (Å²) >= 11 is 0. The summed E-state index contributed by atoms with van der Waals surface area (Å²) < 4.78 is 0. The summed E-state index contributed by atoms with van der Waals surface area (Å²) in [7, 11) is 0. The number of hydrogen-bond acceptors (Lipinski definition) is 4. The largest absolute Gasteiger partial charge is 0.371 e. The molecule has 5 nitrogen and oxygen atoms in total.